The Hall–Kier alpha value is -1.50. The molecule has 0 radical (unpaired) electrons. The maximum absolute atomic E-state index is 5.60. The number of hydrogen-bond donors (Lipinski definition) is 0. The molecule has 2 aliphatic heterocycles. The van der Waals surface area contributed by atoms with E-state index in [1.165, 1.54) is 5.56 Å². The molecule has 0 N–H and O–H groups in total. The van der Waals surface area contributed by atoms with E-state index in [-0.39, 0.29) is 0 Å². The van der Waals surface area contributed by atoms with Gasteiger partial charge in [-0.2, -0.15) is 0 Å². The van der Waals surface area contributed by atoms with Crippen molar-refractivity contribution in [1.82, 2.24) is 14.9 Å². The van der Waals surface area contributed by atoms with Gasteiger partial charge in [0, 0.05) is 48.9 Å². The van der Waals surface area contributed by atoms with Crippen LogP contribution >= 0.6 is 11.3 Å². The summed E-state index contributed by atoms with van der Waals surface area (Å²) < 4.78 is 5.60. The minimum Gasteiger partial charge on any atom is -0.380 e. The van der Waals surface area contributed by atoms with Crippen molar-refractivity contribution in [3.8, 4) is 0 Å². The molecule has 0 saturated carbocycles. The average molecular weight is 344 g/mol. The van der Waals surface area contributed by atoms with E-state index < -0.39 is 0 Å². The number of thiazole rings is 1. The SMILES string of the molecule is Cc1ccc2c(n1)N(Cc1csc(C)n1)CCN([C@H]1CCOC1)C2. The van der Waals surface area contributed by atoms with E-state index in [0.717, 1.165) is 68.0 Å². The van der Waals surface area contributed by atoms with Gasteiger partial charge in [-0.3, -0.25) is 4.90 Å². The van der Waals surface area contributed by atoms with Gasteiger partial charge >= 0.3 is 0 Å². The predicted molar refractivity (Wildman–Crippen MR) is 96.5 cm³/mol. The van der Waals surface area contributed by atoms with Crippen molar-refractivity contribution in [2.45, 2.75) is 39.4 Å². The highest BCUT2D eigenvalue weighted by atomic mass is 32.1. The average Bonchev–Trinajstić information content (AvgIpc) is 3.20. The van der Waals surface area contributed by atoms with Gasteiger partial charge in [0.05, 0.1) is 23.9 Å². The standard InChI is InChI=1S/C18H24N4OS/c1-13-3-4-15-9-21(17-5-8-23-11-17)6-7-22(18(15)19-13)10-16-12-24-14(2)20-16/h3-4,12,17H,5-11H2,1-2H3/t17-/m0/s1. The van der Waals surface area contributed by atoms with Gasteiger partial charge in [0.25, 0.3) is 0 Å². The topological polar surface area (TPSA) is 41.5 Å². The lowest BCUT2D eigenvalue weighted by Crippen LogP contribution is -2.38. The first-order valence-electron chi connectivity index (χ1n) is 8.63. The second-order valence-electron chi connectivity index (χ2n) is 6.70. The molecule has 4 heterocycles. The summed E-state index contributed by atoms with van der Waals surface area (Å²) in [5.41, 5.74) is 3.53. The Kier molecular flexibility index (Phi) is 4.52. The molecule has 0 amide bonds. The number of aryl methyl sites for hydroxylation is 2. The van der Waals surface area contributed by atoms with Crippen molar-refractivity contribution >= 4 is 17.2 Å². The third-order valence-corrected chi connectivity index (χ3v) is 5.69. The maximum Gasteiger partial charge on any atom is 0.133 e. The smallest absolute Gasteiger partial charge is 0.133 e. The van der Waals surface area contributed by atoms with Crippen molar-refractivity contribution in [2.24, 2.45) is 0 Å². The fourth-order valence-corrected chi connectivity index (χ4v) is 4.18. The molecule has 0 aromatic carbocycles. The lowest BCUT2D eigenvalue weighted by atomic mass is 10.1. The van der Waals surface area contributed by atoms with E-state index in [1.807, 2.05) is 0 Å². The number of rotatable bonds is 3. The molecule has 128 valence electrons. The lowest BCUT2D eigenvalue weighted by molar-refractivity contribution is 0.142. The summed E-state index contributed by atoms with van der Waals surface area (Å²) in [6, 6.07) is 4.91. The summed E-state index contributed by atoms with van der Waals surface area (Å²) in [4.78, 5) is 14.5. The van der Waals surface area contributed by atoms with Gasteiger partial charge in [-0.05, 0) is 26.3 Å². The summed E-state index contributed by atoms with van der Waals surface area (Å²) in [7, 11) is 0. The van der Waals surface area contributed by atoms with E-state index in [0.29, 0.717) is 6.04 Å². The van der Waals surface area contributed by atoms with Crippen LogP contribution in [0.15, 0.2) is 17.5 Å². The summed E-state index contributed by atoms with van der Waals surface area (Å²) in [6.07, 6.45) is 1.14. The predicted octanol–water partition coefficient (Wildman–Crippen LogP) is 2.77. The Morgan fingerprint density at radius 3 is 2.92 bits per heavy atom. The Bertz CT molecular complexity index is 711. The van der Waals surface area contributed by atoms with Crippen LogP contribution in [-0.4, -0.2) is 47.2 Å². The number of aromatic nitrogens is 2. The molecule has 1 saturated heterocycles. The summed E-state index contributed by atoms with van der Waals surface area (Å²) in [6.45, 7) is 9.71. The fourth-order valence-electron chi connectivity index (χ4n) is 3.57. The zero-order chi connectivity index (χ0) is 16.5. The van der Waals surface area contributed by atoms with Gasteiger partial charge in [-0.15, -0.1) is 11.3 Å². The minimum absolute atomic E-state index is 0.542. The van der Waals surface area contributed by atoms with Crippen LogP contribution in [-0.2, 0) is 17.8 Å². The number of hydrogen-bond acceptors (Lipinski definition) is 6. The van der Waals surface area contributed by atoms with Crippen LogP contribution in [0, 0.1) is 13.8 Å². The molecule has 0 bridgehead atoms. The largest absolute Gasteiger partial charge is 0.380 e. The highest BCUT2D eigenvalue weighted by Gasteiger charge is 2.28. The molecule has 1 atom stereocenters. The zero-order valence-corrected chi connectivity index (χ0v) is 15.2. The van der Waals surface area contributed by atoms with Gasteiger partial charge < -0.3 is 9.64 Å². The van der Waals surface area contributed by atoms with E-state index >= 15 is 0 Å². The molecule has 0 unspecified atom stereocenters. The third-order valence-electron chi connectivity index (χ3n) is 4.87. The van der Waals surface area contributed by atoms with Crippen LogP contribution in [0.5, 0.6) is 0 Å². The number of fused-ring (bicyclic) bond motifs is 1. The van der Waals surface area contributed by atoms with Crippen molar-refractivity contribution in [2.75, 3.05) is 31.2 Å². The summed E-state index contributed by atoms with van der Waals surface area (Å²) in [5.74, 6) is 1.13. The van der Waals surface area contributed by atoms with Gasteiger partial charge in [-0.25, -0.2) is 9.97 Å². The first kappa shape index (κ1) is 16.0. The van der Waals surface area contributed by atoms with Gasteiger partial charge in [0.2, 0.25) is 0 Å². The van der Waals surface area contributed by atoms with Crippen molar-refractivity contribution in [3.63, 3.8) is 0 Å². The van der Waals surface area contributed by atoms with Gasteiger partial charge in [0.1, 0.15) is 5.82 Å². The van der Waals surface area contributed by atoms with Crippen LogP contribution in [0.3, 0.4) is 0 Å². The molecular weight excluding hydrogens is 320 g/mol. The number of anilines is 1. The normalized spacial score (nSPS) is 21.8. The van der Waals surface area contributed by atoms with Crippen LogP contribution in [0.4, 0.5) is 5.82 Å². The first-order chi connectivity index (χ1) is 11.7. The van der Waals surface area contributed by atoms with Gasteiger partial charge in [-0.1, -0.05) is 6.07 Å². The highest BCUT2D eigenvalue weighted by molar-refractivity contribution is 7.09. The number of pyridine rings is 1. The van der Waals surface area contributed by atoms with Crippen LogP contribution < -0.4 is 4.90 Å². The first-order valence-corrected chi connectivity index (χ1v) is 9.51. The molecule has 2 aliphatic rings. The van der Waals surface area contributed by atoms with E-state index in [4.69, 9.17) is 9.72 Å². The molecule has 4 rings (SSSR count). The second-order valence-corrected chi connectivity index (χ2v) is 7.76. The van der Waals surface area contributed by atoms with Crippen molar-refractivity contribution < 1.29 is 4.74 Å². The number of ether oxygens (including phenoxy) is 1. The molecule has 5 nitrogen and oxygen atoms in total. The van der Waals surface area contributed by atoms with Gasteiger partial charge in [0.15, 0.2) is 0 Å². The Morgan fingerprint density at radius 1 is 1.25 bits per heavy atom. The molecule has 0 spiro atoms. The van der Waals surface area contributed by atoms with Crippen molar-refractivity contribution in [1.29, 1.82) is 0 Å². The van der Waals surface area contributed by atoms with E-state index in [2.05, 4.69) is 46.1 Å². The lowest BCUT2D eigenvalue weighted by Gasteiger charge is -2.26. The Labute approximate surface area is 147 Å². The maximum atomic E-state index is 5.60. The minimum atomic E-state index is 0.542. The monoisotopic (exact) mass is 344 g/mol. The molecule has 2 aromatic heterocycles. The van der Waals surface area contributed by atoms with E-state index in [1.54, 1.807) is 11.3 Å². The number of nitrogens with zero attached hydrogens (tertiary/aromatic N) is 4. The van der Waals surface area contributed by atoms with Crippen LogP contribution in [0.1, 0.15) is 28.4 Å². The third kappa shape index (κ3) is 3.31. The summed E-state index contributed by atoms with van der Waals surface area (Å²) in [5, 5.41) is 3.29. The summed E-state index contributed by atoms with van der Waals surface area (Å²) >= 11 is 1.72. The molecule has 1 fully saturated rings. The quantitative estimate of drug-likeness (QED) is 0.856. The highest BCUT2D eigenvalue weighted by Crippen LogP contribution is 2.27. The molecule has 6 heteroatoms. The molecular formula is C18H24N4OS. The van der Waals surface area contributed by atoms with Crippen LogP contribution in [0.25, 0.3) is 0 Å². The van der Waals surface area contributed by atoms with E-state index in [9.17, 15) is 0 Å². The second kappa shape index (κ2) is 6.78. The molecule has 2 aromatic rings. The Morgan fingerprint density at radius 2 is 2.17 bits per heavy atom. The molecule has 24 heavy (non-hydrogen) atoms. The van der Waals surface area contributed by atoms with Crippen LogP contribution in [0.2, 0.25) is 0 Å². The zero-order valence-electron chi connectivity index (χ0n) is 14.4. The molecule has 0 aliphatic carbocycles. The van der Waals surface area contributed by atoms with Crippen molar-refractivity contribution in [3.05, 3.63) is 39.5 Å². The fraction of sp³-hybridized carbons (Fsp3) is 0.556. The Balaban J connectivity index is 1.61.